The molecule has 1 aromatic carbocycles. The second kappa shape index (κ2) is 7.70. The molecule has 35 heavy (non-hydrogen) atoms. The molecule has 5 rings (SSSR count). The molecule has 3 N–H and O–H groups in total. The summed E-state index contributed by atoms with van der Waals surface area (Å²) >= 11 is 0. The Bertz CT molecular complexity index is 1080. The quantitative estimate of drug-likeness (QED) is 0.503. The molecular weight excluding hydrogens is 442 g/mol. The molecule has 1 aliphatic carbocycles. The lowest BCUT2D eigenvalue weighted by Crippen LogP contribution is -2.80. The van der Waals surface area contributed by atoms with Gasteiger partial charge in [-0.25, -0.2) is 0 Å². The molecular formula is C28H41N3O4. The molecule has 7 nitrogen and oxygen atoms in total. The first-order chi connectivity index (χ1) is 16.4. The van der Waals surface area contributed by atoms with Crippen LogP contribution in [0.2, 0.25) is 0 Å². The summed E-state index contributed by atoms with van der Waals surface area (Å²) in [6.45, 7) is 12.0. The SMILES string of the molecule is CCC12C=CCN3CCC4(c5cc(C(C)(C)C)c(OC)cc5N(C)C4C(O)(CN)C1OC(C)=O)C32. The van der Waals surface area contributed by atoms with Gasteiger partial charge in [0.05, 0.1) is 13.2 Å². The number of hydrogen-bond donors (Lipinski definition) is 2. The Morgan fingerprint density at radius 2 is 2.00 bits per heavy atom. The molecule has 6 unspecified atom stereocenters. The number of carbonyl (C=O) groups is 1. The van der Waals surface area contributed by atoms with E-state index in [4.69, 9.17) is 15.2 Å². The second-order valence-electron chi connectivity index (χ2n) is 12.1. The van der Waals surface area contributed by atoms with Crippen LogP contribution in [-0.2, 0) is 20.4 Å². The fraction of sp³-hybridized carbons (Fsp3) is 0.679. The van der Waals surface area contributed by atoms with Gasteiger partial charge in [-0.1, -0.05) is 39.8 Å². The fourth-order valence-electron chi connectivity index (χ4n) is 8.34. The highest BCUT2D eigenvalue weighted by atomic mass is 16.6. The van der Waals surface area contributed by atoms with Crippen LogP contribution >= 0.6 is 0 Å². The molecule has 1 spiro atoms. The van der Waals surface area contributed by atoms with Gasteiger partial charge in [-0.05, 0) is 42.0 Å². The van der Waals surface area contributed by atoms with Crippen LogP contribution in [-0.4, -0.2) is 73.6 Å². The average molecular weight is 484 g/mol. The zero-order valence-corrected chi connectivity index (χ0v) is 22.2. The fourth-order valence-corrected chi connectivity index (χ4v) is 8.34. The molecule has 4 aliphatic rings. The number of nitrogens with zero attached hydrogens (tertiary/aromatic N) is 2. The first kappa shape index (κ1) is 24.6. The number of esters is 1. The molecule has 2 fully saturated rings. The molecule has 0 aromatic heterocycles. The predicted molar refractivity (Wildman–Crippen MR) is 137 cm³/mol. The van der Waals surface area contributed by atoms with E-state index >= 15 is 0 Å². The number of ether oxygens (including phenoxy) is 2. The van der Waals surface area contributed by atoms with Crippen molar-refractivity contribution in [2.45, 2.75) is 82.1 Å². The maximum atomic E-state index is 12.6. The van der Waals surface area contributed by atoms with Crippen LogP contribution in [0.5, 0.6) is 5.75 Å². The monoisotopic (exact) mass is 483 g/mol. The van der Waals surface area contributed by atoms with Crippen molar-refractivity contribution in [3.8, 4) is 5.75 Å². The van der Waals surface area contributed by atoms with Crippen molar-refractivity contribution in [3.05, 3.63) is 35.4 Å². The molecule has 7 heteroatoms. The molecule has 1 saturated carbocycles. The first-order valence-electron chi connectivity index (χ1n) is 12.9. The molecule has 1 aromatic rings. The summed E-state index contributed by atoms with van der Waals surface area (Å²) in [6.07, 6.45) is 5.30. The first-order valence-corrected chi connectivity index (χ1v) is 12.9. The highest BCUT2D eigenvalue weighted by Gasteiger charge is 2.77. The van der Waals surface area contributed by atoms with Crippen LogP contribution in [0.25, 0.3) is 0 Å². The van der Waals surface area contributed by atoms with Crippen LogP contribution in [0.3, 0.4) is 0 Å². The van der Waals surface area contributed by atoms with Gasteiger partial charge in [-0.3, -0.25) is 9.69 Å². The van der Waals surface area contributed by atoms with E-state index in [2.05, 4.69) is 61.8 Å². The highest BCUT2D eigenvalue weighted by Crippen LogP contribution is 2.67. The summed E-state index contributed by atoms with van der Waals surface area (Å²) < 4.78 is 11.9. The summed E-state index contributed by atoms with van der Waals surface area (Å²) in [4.78, 5) is 17.1. The Hall–Kier alpha value is -2.09. The van der Waals surface area contributed by atoms with Gasteiger partial charge >= 0.3 is 5.97 Å². The Labute approximate surface area is 209 Å². The van der Waals surface area contributed by atoms with Crippen LogP contribution in [0.15, 0.2) is 24.3 Å². The van der Waals surface area contributed by atoms with E-state index in [9.17, 15) is 9.90 Å². The third-order valence-corrected chi connectivity index (χ3v) is 9.46. The van der Waals surface area contributed by atoms with Crippen LogP contribution in [0.4, 0.5) is 5.69 Å². The number of methoxy groups -OCH3 is 1. The van der Waals surface area contributed by atoms with E-state index in [1.54, 1.807) is 7.11 Å². The topological polar surface area (TPSA) is 88.3 Å². The van der Waals surface area contributed by atoms with Gasteiger partial charge in [0.15, 0.2) is 0 Å². The number of carbonyl (C=O) groups excluding carboxylic acids is 1. The van der Waals surface area contributed by atoms with Gasteiger partial charge in [0.25, 0.3) is 0 Å². The van der Waals surface area contributed by atoms with Gasteiger partial charge in [-0.2, -0.15) is 0 Å². The lowest BCUT2D eigenvalue weighted by molar-refractivity contribution is -0.215. The number of nitrogens with two attached hydrogens (primary N) is 1. The van der Waals surface area contributed by atoms with Crippen LogP contribution in [0, 0.1) is 5.41 Å². The summed E-state index contributed by atoms with van der Waals surface area (Å²) in [5, 5.41) is 12.6. The number of rotatable bonds is 4. The van der Waals surface area contributed by atoms with Gasteiger partial charge in [0, 0.05) is 55.7 Å². The van der Waals surface area contributed by atoms with Crippen molar-refractivity contribution < 1.29 is 19.4 Å². The van der Waals surface area contributed by atoms with Gasteiger partial charge < -0.3 is 25.2 Å². The lowest BCUT2D eigenvalue weighted by Gasteiger charge is -2.64. The maximum absolute atomic E-state index is 12.6. The number of aliphatic hydroxyl groups is 1. The van der Waals surface area contributed by atoms with Crippen molar-refractivity contribution in [3.63, 3.8) is 0 Å². The van der Waals surface area contributed by atoms with Crippen molar-refractivity contribution in [1.82, 2.24) is 4.90 Å². The Morgan fingerprint density at radius 1 is 1.29 bits per heavy atom. The zero-order chi connectivity index (χ0) is 25.6. The normalized spacial score (nSPS) is 37.6. The molecule has 0 amide bonds. The van der Waals surface area contributed by atoms with Crippen molar-refractivity contribution in [2.24, 2.45) is 11.1 Å². The third kappa shape index (κ3) is 2.92. The van der Waals surface area contributed by atoms with E-state index in [0.29, 0.717) is 0 Å². The summed E-state index contributed by atoms with van der Waals surface area (Å²) in [5.74, 6) is 0.465. The van der Waals surface area contributed by atoms with Crippen molar-refractivity contribution in [2.75, 3.05) is 38.7 Å². The molecule has 3 heterocycles. The molecule has 0 bridgehead atoms. The maximum Gasteiger partial charge on any atom is 0.303 e. The van der Waals surface area contributed by atoms with Crippen LogP contribution in [0.1, 0.15) is 58.6 Å². The highest BCUT2D eigenvalue weighted by molar-refractivity contribution is 5.73. The average Bonchev–Trinajstić information content (AvgIpc) is 3.32. The van der Waals surface area contributed by atoms with E-state index < -0.39 is 17.1 Å². The minimum Gasteiger partial charge on any atom is -0.496 e. The van der Waals surface area contributed by atoms with Gasteiger partial charge in [-0.15, -0.1) is 0 Å². The minimum atomic E-state index is -1.43. The minimum absolute atomic E-state index is 0.00125. The largest absolute Gasteiger partial charge is 0.496 e. The number of anilines is 1. The molecule has 3 aliphatic heterocycles. The van der Waals surface area contributed by atoms with Crippen LogP contribution < -0.4 is 15.4 Å². The summed E-state index contributed by atoms with van der Waals surface area (Å²) in [6, 6.07) is 4.21. The second-order valence-corrected chi connectivity index (χ2v) is 12.1. The number of hydrogen-bond acceptors (Lipinski definition) is 7. The smallest absolute Gasteiger partial charge is 0.303 e. The van der Waals surface area contributed by atoms with E-state index in [-0.39, 0.29) is 35.4 Å². The van der Waals surface area contributed by atoms with Gasteiger partial charge in [0.2, 0.25) is 0 Å². The Morgan fingerprint density at radius 3 is 2.57 bits per heavy atom. The standard InChI is InChI=1S/C28H41N3O4/c1-8-26-10-9-12-31-13-11-27(22(26)31)18-14-19(25(3,4)5)21(34-7)15-20(18)30(6)23(27)28(33,16-29)24(26)35-17(2)32/h9-10,14-15,22-24,33H,8,11-13,16,29H2,1-7H3. The van der Waals surface area contributed by atoms with Crippen molar-refractivity contribution >= 4 is 11.7 Å². The molecule has 192 valence electrons. The van der Waals surface area contributed by atoms with E-state index in [1.165, 1.54) is 12.5 Å². The van der Waals surface area contributed by atoms with E-state index in [1.807, 2.05) is 7.05 Å². The third-order valence-electron chi connectivity index (χ3n) is 9.46. The van der Waals surface area contributed by atoms with Gasteiger partial charge in [0.1, 0.15) is 17.5 Å². The molecule has 6 atom stereocenters. The summed E-state index contributed by atoms with van der Waals surface area (Å²) in [5.41, 5.74) is 7.48. The molecule has 1 saturated heterocycles. The lowest BCUT2D eigenvalue weighted by atomic mass is 9.47. The number of likely N-dealkylation sites (N-methyl/N-ethyl adjacent to an activating group) is 1. The summed E-state index contributed by atoms with van der Waals surface area (Å²) in [7, 11) is 3.76. The number of benzene rings is 1. The Kier molecular flexibility index (Phi) is 5.41. The van der Waals surface area contributed by atoms with Crippen molar-refractivity contribution in [1.29, 1.82) is 0 Å². The molecule has 0 radical (unpaired) electrons. The zero-order valence-electron chi connectivity index (χ0n) is 22.2. The van der Waals surface area contributed by atoms with E-state index in [0.717, 1.165) is 42.9 Å². The Balaban J connectivity index is 1.86. The predicted octanol–water partition coefficient (Wildman–Crippen LogP) is 2.72. The number of fused-ring (bicyclic) bond motifs is 1.